The molecule has 1 aromatic carbocycles. The van der Waals surface area contributed by atoms with Gasteiger partial charge < -0.3 is 10.2 Å². The molecule has 3 rings (SSSR count). The maximum atomic E-state index is 4.44. The minimum absolute atomic E-state index is 0.606. The molecule has 0 aliphatic heterocycles. The molecule has 2 aromatic rings. The van der Waals surface area contributed by atoms with Gasteiger partial charge in [-0.05, 0) is 32.5 Å². The highest BCUT2D eigenvalue weighted by atomic mass is 15.1. The van der Waals surface area contributed by atoms with Gasteiger partial charge in [-0.1, -0.05) is 24.3 Å². The van der Waals surface area contributed by atoms with Crippen molar-refractivity contribution in [3.8, 4) is 11.3 Å². The molecule has 0 saturated heterocycles. The van der Waals surface area contributed by atoms with Crippen molar-refractivity contribution in [1.82, 2.24) is 14.9 Å². The van der Waals surface area contributed by atoms with Crippen molar-refractivity contribution in [1.29, 1.82) is 0 Å². The molecule has 1 heterocycles. The zero-order valence-corrected chi connectivity index (χ0v) is 12.0. The molecule has 1 aromatic heterocycles. The largest absolute Gasteiger partial charge is 0.367 e. The van der Waals surface area contributed by atoms with Crippen LogP contribution in [0.4, 0.5) is 5.82 Å². The van der Waals surface area contributed by atoms with Crippen molar-refractivity contribution in [3.05, 3.63) is 42.2 Å². The quantitative estimate of drug-likeness (QED) is 0.905. The number of nitrogens with zero attached hydrogens (tertiary/aromatic N) is 3. The Morgan fingerprint density at radius 3 is 2.75 bits per heavy atom. The first-order chi connectivity index (χ1) is 9.72. The molecule has 104 valence electrons. The average Bonchev–Trinajstić information content (AvgIpc) is 3.23. The number of aromatic nitrogens is 2. The smallest absolute Gasteiger partial charge is 0.130 e. The summed E-state index contributed by atoms with van der Waals surface area (Å²) in [4.78, 5) is 10.9. The van der Waals surface area contributed by atoms with E-state index in [0.29, 0.717) is 6.04 Å². The van der Waals surface area contributed by atoms with Crippen LogP contribution in [0.25, 0.3) is 11.3 Å². The lowest BCUT2D eigenvalue weighted by Gasteiger charge is -2.14. The van der Waals surface area contributed by atoms with Gasteiger partial charge in [0.2, 0.25) is 0 Å². The van der Waals surface area contributed by atoms with E-state index in [1.165, 1.54) is 24.0 Å². The average molecular weight is 268 g/mol. The zero-order chi connectivity index (χ0) is 13.9. The highest BCUT2D eigenvalue weighted by Gasteiger charge is 2.21. The second-order valence-corrected chi connectivity index (χ2v) is 5.60. The first-order valence-corrected chi connectivity index (χ1v) is 7.04. The van der Waals surface area contributed by atoms with E-state index in [1.807, 2.05) is 6.07 Å². The molecule has 0 radical (unpaired) electrons. The Labute approximate surface area is 119 Å². The SMILES string of the molecule is CN(C)Cc1ccccc1-c1cc(NC2CC2)ncn1. The first kappa shape index (κ1) is 13.1. The molecule has 0 unspecified atom stereocenters. The molecule has 4 heteroatoms. The Bertz CT molecular complexity index is 591. The maximum absolute atomic E-state index is 4.44. The van der Waals surface area contributed by atoms with E-state index in [4.69, 9.17) is 0 Å². The summed E-state index contributed by atoms with van der Waals surface area (Å²) in [5, 5.41) is 3.42. The highest BCUT2D eigenvalue weighted by Crippen LogP contribution is 2.27. The Kier molecular flexibility index (Phi) is 3.65. The Hall–Kier alpha value is -1.94. The van der Waals surface area contributed by atoms with Crippen LogP contribution in [0.1, 0.15) is 18.4 Å². The lowest BCUT2D eigenvalue weighted by molar-refractivity contribution is 0.403. The summed E-state index contributed by atoms with van der Waals surface area (Å²) in [6, 6.07) is 11.1. The van der Waals surface area contributed by atoms with Crippen molar-refractivity contribution in [3.63, 3.8) is 0 Å². The summed E-state index contributed by atoms with van der Waals surface area (Å²) < 4.78 is 0. The molecule has 0 bridgehead atoms. The Morgan fingerprint density at radius 1 is 1.20 bits per heavy atom. The summed E-state index contributed by atoms with van der Waals surface area (Å²) in [5.74, 6) is 0.928. The topological polar surface area (TPSA) is 41.0 Å². The summed E-state index contributed by atoms with van der Waals surface area (Å²) in [6.45, 7) is 0.908. The third-order valence-electron chi connectivity index (χ3n) is 3.38. The van der Waals surface area contributed by atoms with Crippen LogP contribution < -0.4 is 5.32 Å². The van der Waals surface area contributed by atoms with E-state index in [2.05, 4.69) is 58.5 Å². The fraction of sp³-hybridized carbons (Fsp3) is 0.375. The lowest BCUT2D eigenvalue weighted by atomic mass is 10.0. The molecule has 0 atom stereocenters. The van der Waals surface area contributed by atoms with Gasteiger partial charge in [-0.15, -0.1) is 0 Å². The van der Waals surface area contributed by atoms with Gasteiger partial charge in [-0.25, -0.2) is 9.97 Å². The van der Waals surface area contributed by atoms with Gasteiger partial charge in [-0.2, -0.15) is 0 Å². The molecule has 1 aliphatic rings. The van der Waals surface area contributed by atoms with Crippen molar-refractivity contribution < 1.29 is 0 Å². The summed E-state index contributed by atoms with van der Waals surface area (Å²) in [5.41, 5.74) is 3.46. The van der Waals surface area contributed by atoms with Crippen LogP contribution >= 0.6 is 0 Å². The second kappa shape index (κ2) is 5.59. The monoisotopic (exact) mass is 268 g/mol. The second-order valence-electron chi connectivity index (χ2n) is 5.60. The summed E-state index contributed by atoms with van der Waals surface area (Å²) >= 11 is 0. The molecule has 1 N–H and O–H groups in total. The van der Waals surface area contributed by atoms with E-state index in [-0.39, 0.29) is 0 Å². The minimum Gasteiger partial charge on any atom is -0.367 e. The molecule has 1 aliphatic carbocycles. The van der Waals surface area contributed by atoms with E-state index in [0.717, 1.165) is 18.1 Å². The van der Waals surface area contributed by atoms with Crippen LogP contribution in [0.5, 0.6) is 0 Å². The van der Waals surface area contributed by atoms with Crippen molar-refractivity contribution in [2.75, 3.05) is 19.4 Å². The van der Waals surface area contributed by atoms with E-state index >= 15 is 0 Å². The third kappa shape index (κ3) is 3.14. The fourth-order valence-corrected chi connectivity index (χ4v) is 2.27. The molecular weight excluding hydrogens is 248 g/mol. The van der Waals surface area contributed by atoms with E-state index in [9.17, 15) is 0 Å². The number of anilines is 1. The predicted molar refractivity (Wildman–Crippen MR) is 81.5 cm³/mol. The molecule has 4 nitrogen and oxygen atoms in total. The van der Waals surface area contributed by atoms with Crippen LogP contribution in [-0.2, 0) is 6.54 Å². The van der Waals surface area contributed by atoms with E-state index in [1.54, 1.807) is 6.33 Å². The number of benzene rings is 1. The molecular formula is C16H20N4. The van der Waals surface area contributed by atoms with Crippen molar-refractivity contribution >= 4 is 5.82 Å². The number of hydrogen-bond acceptors (Lipinski definition) is 4. The molecule has 1 fully saturated rings. The van der Waals surface area contributed by atoms with Gasteiger partial charge in [0.05, 0.1) is 5.69 Å². The third-order valence-corrected chi connectivity index (χ3v) is 3.38. The number of nitrogens with one attached hydrogen (secondary N) is 1. The Balaban J connectivity index is 1.91. The van der Waals surface area contributed by atoms with Crippen LogP contribution in [0.2, 0.25) is 0 Å². The predicted octanol–water partition coefficient (Wildman–Crippen LogP) is 2.78. The minimum atomic E-state index is 0.606. The van der Waals surface area contributed by atoms with Gasteiger partial charge in [0.15, 0.2) is 0 Å². The summed E-state index contributed by atoms with van der Waals surface area (Å²) in [6.07, 6.45) is 4.14. The zero-order valence-electron chi connectivity index (χ0n) is 12.0. The van der Waals surface area contributed by atoms with Crippen LogP contribution in [0.15, 0.2) is 36.7 Å². The van der Waals surface area contributed by atoms with Gasteiger partial charge in [0.25, 0.3) is 0 Å². The lowest BCUT2D eigenvalue weighted by Crippen LogP contribution is -2.11. The van der Waals surface area contributed by atoms with Crippen molar-refractivity contribution in [2.45, 2.75) is 25.4 Å². The highest BCUT2D eigenvalue weighted by molar-refractivity contribution is 5.66. The maximum Gasteiger partial charge on any atom is 0.130 e. The molecule has 20 heavy (non-hydrogen) atoms. The normalized spacial score (nSPS) is 14.6. The van der Waals surface area contributed by atoms with Crippen LogP contribution in [-0.4, -0.2) is 35.0 Å². The van der Waals surface area contributed by atoms with Gasteiger partial charge in [-0.3, -0.25) is 0 Å². The van der Waals surface area contributed by atoms with Crippen LogP contribution in [0.3, 0.4) is 0 Å². The van der Waals surface area contributed by atoms with Gasteiger partial charge in [0.1, 0.15) is 12.1 Å². The van der Waals surface area contributed by atoms with Gasteiger partial charge in [0, 0.05) is 24.2 Å². The Morgan fingerprint density at radius 2 is 2.00 bits per heavy atom. The first-order valence-electron chi connectivity index (χ1n) is 7.04. The summed E-state index contributed by atoms with van der Waals surface area (Å²) in [7, 11) is 4.16. The molecule has 0 spiro atoms. The standard InChI is InChI=1S/C16H20N4/c1-20(2)10-12-5-3-4-6-14(12)15-9-16(18-11-17-15)19-13-7-8-13/h3-6,9,11,13H,7-8,10H2,1-2H3,(H,17,18,19). The molecule has 1 saturated carbocycles. The van der Waals surface area contributed by atoms with Crippen molar-refractivity contribution in [2.24, 2.45) is 0 Å². The molecule has 0 amide bonds. The van der Waals surface area contributed by atoms with Crippen LogP contribution in [0, 0.1) is 0 Å². The number of rotatable bonds is 5. The van der Waals surface area contributed by atoms with Gasteiger partial charge >= 0.3 is 0 Å². The number of hydrogen-bond donors (Lipinski definition) is 1. The fourth-order valence-electron chi connectivity index (χ4n) is 2.27. The van der Waals surface area contributed by atoms with E-state index < -0.39 is 0 Å².